The lowest BCUT2D eigenvalue weighted by Gasteiger charge is -2.35. The number of para-hydroxylation sites is 1. The highest BCUT2D eigenvalue weighted by Crippen LogP contribution is 2.44. The van der Waals surface area contributed by atoms with E-state index in [4.69, 9.17) is 0 Å². The molecule has 0 N–H and O–H groups in total. The molecule has 0 aromatic heterocycles. The Balaban J connectivity index is 1.40. The first-order valence-corrected chi connectivity index (χ1v) is 16.1. The highest BCUT2D eigenvalue weighted by molar-refractivity contribution is 5.84. The summed E-state index contributed by atoms with van der Waals surface area (Å²) in [5.41, 5.74) is 13.8. The molecule has 6 aromatic carbocycles. The van der Waals surface area contributed by atoms with Gasteiger partial charge in [-0.1, -0.05) is 124 Å². The molecule has 0 spiro atoms. The topological polar surface area (TPSA) is 6.48 Å². The molecule has 0 fully saturated rings. The summed E-state index contributed by atoms with van der Waals surface area (Å²) in [4.78, 5) is 4.96. The van der Waals surface area contributed by atoms with Crippen LogP contribution in [-0.4, -0.2) is 6.54 Å². The van der Waals surface area contributed by atoms with Crippen LogP contribution in [0.15, 0.2) is 152 Å². The first-order valence-electron chi connectivity index (χ1n) is 16.1. The van der Waals surface area contributed by atoms with Crippen molar-refractivity contribution in [2.75, 3.05) is 16.3 Å². The van der Waals surface area contributed by atoms with Gasteiger partial charge in [-0.05, 0) is 100 Å². The van der Waals surface area contributed by atoms with Gasteiger partial charge in [0.1, 0.15) is 0 Å². The van der Waals surface area contributed by atoms with Gasteiger partial charge in [-0.2, -0.15) is 0 Å². The van der Waals surface area contributed by atoms with Crippen LogP contribution in [-0.2, 0) is 11.8 Å². The Bertz CT molecular complexity index is 1900. The number of nitrogens with zero attached hydrogens (tertiary/aromatic N) is 2. The van der Waals surface area contributed by atoms with Crippen molar-refractivity contribution in [2.24, 2.45) is 0 Å². The summed E-state index contributed by atoms with van der Waals surface area (Å²) in [5.74, 6) is 0. The molecule has 0 bridgehead atoms. The van der Waals surface area contributed by atoms with E-state index in [1.165, 1.54) is 50.4 Å². The quantitative estimate of drug-likeness (QED) is 0.192. The van der Waals surface area contributed by atoms with E-state index in [0.717, 1.165) is 30.8 Å². The molecule has 2 heteroatoms. The summed E-state index contributed by atoms with van der Waals surface area (Å²) in [6, 6.07) is 55.2. The van der Waals surface area contributed by atoms with E-state index >= 15 is 0 Å². The normalized spacial score (nSPS) is 12.9. The Kier molecular flexibility index (Phi) is 7.73. The molecule has 0 aliphatic carbocycles. The maximum Gasteiger partial charge on any atom is 0.0485 e. The molecule has 0 radical (unpaired) electrons. The summed E-state index contributed by atoms with van der Waals surface area (Å²) in [5, 5.41) is 0. The molecule has 0 atom stereocenters. The van der Waals surface area contributed by atoms with Gasteiger partial charge in [-0.25, -0.2) is 0 Å². The largest absolute Gasteiger partial charge is 0.341 e. The van der Waals surface area contributed by atoms with Crippen molar-refractivity contribution in [3.8, 4) is 22.3 Å². The molecule has 1 aliphatic heterocycles. The van der Waals surface area contributed by atoms with Crippen LogP contribution in [0.4, 0.5) is 28.4 Å². The zero-order valence-electron chi connectivity index (χ0n) is 26.4. The van der Waals surface area contributed by atoms with Gasteiger partial charge in [0, 0.05) is 35.0 Å². The van der Waals surface area contributed by atoms with Crippen molar-refractivity contribution < 1.29 is 0 Å². The molecule has 0 saturated carbocycles. The predicted molar refractivity (Wildman–Crippen MR) is 192 cm³/mol. The van der Waals surface area contributed by atoms with Crippen molar-refractivity contribution in [3.05, 3.63) is 163 Å². The van der Waals surface area contributed by atoms with Gasteiger partial charge < -0.3 is 9.80 Å². The molecule has 45 heavy (non-hydrogen) atoms. The fourth-order valence-electron chi connectivity index (χ4n) is 6.57. The van der Waals surface area contributed by atoms with Gasteiger partial charge in [0.25, 0.3) is 0 Å². The predicted octanol–water partition coefficient (Wildman–Crippen LogP) is 11.9. The van der Waals surface area contributed by atoms with Crippen LogP contribution in [0.2, 0.25) is 0 Å². The fraction of sp³-hybridized carbons (Fsp3) is 0.163. The van der Waals surface area contributed by atoms with E-state index in [1.54, 1.807) is 0 Å². The molecule has 1 heterocycles. The third-order valence-electron chi connectivity index (χ3n) is 8.90. The molecule has 6 aromatic rings. The first-order chi connectivity index (χ1) is 22.0. The summed E-state index contributed by atoms with van der Waals surface area (Å²) in [7, 11) is 0. The average molecular weight is 585 g/mol. The molecule has 0 amide bonds. The van der Waals surface area contributed by atoms with Crippen LogP contribution < -0.4 is 9.80 Å². The minimum absolute atomic E-state index is 0.0243. The second kappa shape index (κ2) is 12.1. The van der Waals surface area contributed by atoms with E-state index in [-0.39, 0.29) is 5.41 Å². The van der Waals surface area contributed by atoms with Crippen LogP contribution in [0.1, 0.15) is 38.3 Å². The van der Waals surface area contributed by atoms with E-state index in [9.17, 15) is 0 Å². The number of benzene rings is 6. The Morgan fingerprint density at radius 3 is 1.87 bits per heavy atom. The zero-order chi connectivity index (χ0) is 30.8. The summed E-state index contributed by atoms with van der Waals surface area (Å²) < 4.78 is 0. The molecule has 0 unspecified atom stereocenters. The van der Waals surface area contributed by atoms with Crippen LogP contribution in [0.5, 0.6) is 0 Å². The van der Waals surface area contributed by atoms with Crippen molar-refractivity contribution in [2.45, 2.75) is 39.0 Å². The number of anilines is 5. The Hall–Kier alpha value is -5.08. The summed E-state index contributed by atoms with van der Waals surface area (Å²) in [6.45, 7) is 7.94. The van der Waals surface area contributed by atoms with E-state index in [2.05, 4.69) is 182 Å². The summed E-state index contributed by atoms with van der Waals surface area (Å²) in [6.07, 6.45) is 2.21. The second-order valence-corrected chi connectivity index (χ2v) is 13.0. The maximum atomic E-state index is 2.55. The van der Waals surface area contributed by atoms with Crippen LogP contribution >= 0.6 is 0 Å². The zero-order valence-corrected chi connectivity index (χ0v) is 26.4. The number of hydrogen-bond acceptors (Lipinski definition) is 2. The Morgan fingerprint density at radius 2 is 1.16 bits per heavy atom. The smallest absolute Gasteiger partial charge is 0.0485 e. The van der Waals surface area contributed by atoms with Gasteiger partial charge in [0.05, 0.1) is 0 Å². The monoisotopic (exact) mass is 584 g/mol. The first kappa shape index (κ1) is 28.7. The van der Waals surface area contributed by atoms with Crippen molar-refractivity contribution in [1.82, 2.24) is 0 Å². The standard InChI is InChI=1S/C43H40N2/c1-43(2,3)35-29-38(44-27-15-25-41-40(24-14-26-42(41)44)33-18-9-5-10-19-33)31-39(30-35)45(36-21-11-6-12-22-36)37-23-13-20-34(28-37)32-16-7-4-8-17-32/h4-14,16-24,26,28-31H,15,25,27H2,1-3H3. The van der Waals surface area contributed by atoms with Gasteiger partial charge in [-0.3, -0.25) is 0 Å². The molecule has 7 rings (SSSR count). The highest BCUT2D eigenvalue weighted by atomic mass is 15.2. The molecule has 2 nitrogen and oxygen atoms in total. The Labute approximate surface area is 268 Å². The number of rotatable bonds is 6. The summed E-state index contributed by atoms with van der Waals surface area (Å²) >= 11 is 0. The van der Waals surface area contributed by atoms with Crippen LogP contribution in [0, 0.1) is 0 Å². The van der Waals surface area contributed by atoms with E-state index in [0.29, 0.717) is 0 Å². The van der Waals surface area contributed by atoms with Gasteiger partial charge >= 0.3 is 0 Å². The van der Waals surface area contributed by atoms with Crippen LogP contribution in [0.25, 0.3) is 22.3 Å². The minimum Gasteiger partial charge on any atom is -0.341 e. The van der Waals surface area contributed by atoms with Crippen molar-refractivity contribution in [1.29, 1.82) is 0 Å². The molecule has 1 aliphatic rings. The molecule has 222 valence electrons. The van der Waals surface area contributed by atoms with E-state index in [1.807, 2.05) is 0 Å². The second-order valence-electron chi connectivity index (χ2n) is 13.0. The van der Waals surface area contributed by atoms with Crippen molar-refractivity contribution >= 4 is 28.4 Å². The van der Waals surface area contributed by atoms with Gasteiger partial charge in [0.2, 0.25) is 0 Å². The molecular weight excluding hydrogens is 544 g/mol. The maximum absolute atomic E-state index is 2.55. The highest BCUT2D eigenvalue weighted by Gasteiger charge is 2.25. The molecule has 0 saturated heterocycles. The molecular formula is C43H40N2. The lowest BCUT2D eigenvalue weighted by molar-refractivity contribution is 0.590. The van der Waals surface area contributed by atoms with Gasteiger partial charge in [0.15, 0.2) is 0 Å². The minimum atomic E-state index is -0.0243. The van der Waals surface area contributed by atoms with Gasteiger partial charge in [-0.15, -0.1) is 0 Å². The third-order valence-corrected chi connectivity index (χ3v) is 8.90. The lowest BCUT2D eigenvalue weighted by atomic mass is 9.85. The SMILES string of the molecule is CC(C)(C)c1cc(N2CCCc3c(-c4ccccc4)cccc32)cc(N(c2ccccc2)c2cccc(-c3ccccc3)c2)c1. The Morgan fingerprint density at radius 1 is 0.533 bits per heavy atom. The number of fused-ring (bicyclic) bond motifs is 1. The average Bonchev–Trinajstić information content (AvgIpc) is 3.09. The van der Waals surface area contributed by atoms with Crippen LogP contribution in [0.3, 0.4) is 0 Å². The van der Waals surface area contributed by atoms with Crippen molar-refractivity contribution in [3.63, 3.8) is 0 Å². The van der Waals surface area contributed by atoms with E-state index < -0.39 is 0 Å². The number of hydrogen-bond donors (Lipinski definition) is 0. The third kappa shape index (κ3) is 5.89. The lowest BCUT2D eigenvalue weighted by Crippen LogP contribution is -2.26. The fourth-order valence-corrected chi connectivity index (χ4v) is 6.57.